The fraction of sp³-hybridized carbons (Fsp3) is 0.516. The van der Waals surface area contributed by atoms with Crippen LogP contribution in [0.5, 0.6) is 5.75 Å². The van der Waals surface area contributed by atoms with Gasteiger partial charge in [-0.05, 0) is 76.8 Å². The molecule has 3 amide bonds. The number of aryl methyl sites for hydroxylation is 2. The van der Waals surface area contributed by atoms with Gasteiger partial charge in [0.2, 0.25) is 11.8 Å². The number of carbonyl (C=O) groups is 3. The summed E-state index contributed by atoms with van der Waals surface area (Å²) in [5.41, 5.74) is 2.36. The van der Waals surface area contributed by atoms with Crippen LogP contribution < -0.4 is 10.6 Å². The zero-order chi connectivity index (χ0) is 30.0. The third-order valence-corrected chi connectivity index (χ3v) is 6.38. The normalized spacial score (nSPS) is 13.6. The molecule has 0 bridgehead atoms. The number of carbonyl (C=O) groups excluding carboxylic acids is 3. The highest BCUT2D eigenvalue weighted by Crippen LogP contribution is 2.27. The van der Waals surface area contributed by atoms with Crippen LogP contribution in [0, 0.1) is 13.8 Å². The van der Waals surface area contributed by atoms with Gasteiger partial charge in [0.25, 0.3) is 0 Å². The number of nitrogens with zero attached hydrogens (tertiary/aromatic N) is 1. The minimum absolute atomic E-state index is 0.0708. The maximum atomic E-state index is 14.2. The van der Waals surface area contributed by atoms with Crippen molar-refractivity contribution in [1.82, 2.24) is 15.5 Å². The Morgan fingerprint density at radius 1 is 1.02 bits per heavy atom. The minimum atomic E-state index is -1.11. The van der Waals surface area contributed by atoms with Crippen LogP contribution in [0.4, 0.5) is 4.79 Å². The molecule has 3 unspecified atom stereocenters. The lowest BCUT2D eigenvalue weighted by Gasteiger charge is -2.35. The number of benzene rings is 2. The lowest BCUT2D eigenvalue weighted by Crippen LogP contribution is -2.55. The second-order valence-electron chi connectivity index (χ2n) is 11.3. The molecule has 2 rings (SSSR count). The highest BCUT2D eigenvalue weighted by Gasteiger charge is 2.37. The smallest absolute Gasteiger partial charge is 0.408 e. The molecular formula is C31H45N3O6. The van der Waals surface area contributed by atoms with Crippen LogP contribution in [-0.2, 0) is 20.7 Å². The summed E-state index contributed by atoms with van der Waals surface area (Å²) in [6, 6.07) is 9.69. The van der Waals surface area contributed by atoms with E-state index in [2.05, 4.69) is 10.6 Å². The van der Waals surface area contributed by atoms with Crippen molar-refractivity contribution in [3.63, 3.8) is 0 Å². The number of ether oxygens (including phenoxy) is 1. The highest BCUT2D eigenvalue weighted by atomic mass is 16.6. The predicted molar refractivity (Wildman–Crippen MR) is 155 cm³/mol. The van der Waals surface area contributed by atoms with Gasteiger partial charge in [-0.1, -0.05) is 49.2 Å². The number of hydrogen-bond donors (Lipinski definition) is 4. The average molecular weight is 556 g/mol. The number of hydrogen-bond acceptors (Lipinski definition) is 6. The molecule has 0 aliphatic heterocycles. The van der Waals surface area contributed by atoms with Crippen molar-refractivity contribution in [2.45, 2.75) is 91.5 Å². The van der Waals surface area contributed by atoms with E-state index in [1.807, 2.05) is 45.9 Å². The predicted octanol–water partition coefficient (Wildman–Crippen LogP) is 4.31. The van der Waals surface area contributed by atoms with E-state index in [9.17, 15) is 24.6 Å². The Kier molecular flexibility index (Phi) is 12.0. The first kappa shape index (κ1) is 32.6. The Labute approximate surface area is 237 Å². The number of phenolic OH excluding ortho intramolecular Hbond substituents is 1. The molecule has 9 nitrogen and oxygen atoms in total. The summed E-state index contributed by atoms with van der Waals surface area (Å²) in [6.45, 7) is 12.4. The SMILES string of the molecule is CCCC(C)NC(=O)C(c1ccc(C)cc1C)N(CCO)C(=O)C(Cc1ccc(O)cc1)NC(=O)OC(C)(C)C. The summed E-state index contributed by atoms with van der Waals surface area (Å²) in [5, 5.41) is 25.4. The number of aliphatic hydroxyl groups is 1. The number of rotatable bonds is 12. The Bertz CT molecular complexity index is 1140. The molecule has 0 aromatic heterocycles. The molecule has 0 heterocycles. The van der Waals surface area contributed by atoms with E-state index in [0.29, 0.717) is 11.1 Å². The standard InChI is InChI=1S/C31H45N3O6/c1-8-9-22(4)32-28(37)27(25-15-10-20(2)18-21(25)3)34(16-17-35)29(38)26(33-30(39)40-31(5,6)7)19-23-11-13-24(36)14-12-23/h10-15,18,22,26-27,35-36H,8-9,16-17,19H2,1-7H3,(H,32,37)(H,33,39). The van der Waals surface area contributed by atoms with E-state index in [4.69, 9.17) is 4.74 Å². The largest absolute Gasteiger partial charge is 0.508 e. The Morgan fingerprint density at radius 2 is 1.68 bits per heavy atom. The van der Waals surface area contributed by atoms with Gasteiger partial charge in [-0.3, -0.25) is 9.59 Å². The molecule has 0 radical (unpaired) electrons. The van der Waals surface area contributed by atoms with Crippen molar-refractivity contribution < 1.29 is 29.3 Å². The van der Waals surface area contributed by atoms with Crippen molar-refractivity contribution in [1.29, 1.82) is 0 Å². The molecular weight excluding hydrogens is 510 g/mol. The van der Waals surface area contributed by atoms with Gasteiger partial charge in [-0.25, -0.2) is 4.79 Å². The molecule has 2 aromatic carbocycles. The first-order chi connectivity index (χ1) is 18.7. The molecule has 0 aliphatic carbocycles. The third kappa shape index (κ3) is 9.86. The van der Waals surface area contributed by atoms with Gasteiger partial charge >= 0.3 is 6.09 Å². The number of alkyl carbamates (subject to hydrolysis) is 1. The molecule has 40 heavy (non-hydrogen) atoms. The average Bonchev–Trinajstić information content (AvgIpc) is 2.84. The quantitative estimate of drug-likeness (QED) is 0.309. The zero-order valence-electron chi connectivity index (χ0n) is 24.8. The molecule has 3 atom stereocenters. The van der Waals surface area contributed by atoms with Gasteiger partial charge in [0.1, 0.15) is 23.4 Å². The lowest BCUT2D eigenvalue weighted by molar-refractivity contribution is -0.143. The van der Waals surface area contributed by atoms with E-state index >= 15 is 0 Å². The van der Waals surface area contributed by atoms with Crippen LogP contribution in [0.15, 0.2) is 42.5 Å². The van der Waals surface area contributed by atoms with Gasteiger partial charge in [0.15, 0.2) is 0 Å². The van der Waals surface area contributed by atoms with E-state index in [-0.39, 0.29) is 37.3 Å². The van der Waals surface area contributed by atoms with E-state index in [1.54, 1.807) is 32.9 Å². The van der Waals surface area contributed by atoms with Gasteiger partial charge in [-0.2, -0.15) is 0 Å². The van der Waals surface area contributed by atoms with Crippen LogP contribution in [-0.4, -0.2) is 63.9 Å². The topological polar surface area (TPSA) is 128 Å². The van der Waals surface area contributed by atoms with E-state index in [0.717, 1.165) is 24.0 Å². The highest BCUT2D eigenvalue weighted by molar-refractivity contribution is 5.92. The molecule has 220 valence electrons. The summed E-state index contributed by atoms with van der Waals surface area (Å²) in [5.74, 6) is -0.840. The first-order valence-electron chi connectivity index (χ1n) is 13.8. The maximum Gasteiger partial charge on any atom is 0.408 e. The molecule has 0 spiro atoms. The van der Waals surface area contributed by atoms with Crippen LogP contribution in [0.2, 0.25) is 0 Å². The second kappa shape index (κ2) is 14.7. The van der Waals surface area contributed by atoms with E-state index < -0.39 is 29.7 Å². The van der Waals surface area contributed by atoms with Crippen molar-refractivity contribution >= 4 is 17.9 Å². The summed E-state index contributed by atoms with van der Waals surface area (Å²) in [6.07, 6.45) is 0.942. The molecule has 9 heteroatoms. The summed E-state index contributed by atoms with van der Waals surface area (Å²) in [4.78, 5) is 42.2. The van der Waals surface area contributed by atoms with Gasteiger partial charge < -0.3 is 30.5 Å². The summed E-state index contributed by atoms with van der Waals surface area (Å²) in [7, 11) is 0. The zero-order valence-corrected chi connectivity index (χ0v) is 24.8. The lowest BCUT2D eigenvalue weighted by atomic mass is 9.95. The van der Waals surface area contributed by atoms with Crippen molar-refractivity contribution in [3.05, 3.63) is 64.7 Å². The second-order valence-corrected chi connectivity index (χ2v) is 11.3. The Balaban J connectivity index is 2.57. The van der Waals surface area contributed by atoms with Gasteiger partial charge in [0.05, 0.1) is 6.61 Å². The van der Waals surface area contributed by atoms with Gasteiger partial charge in [0, 0.05) is 19.0 Å². The van der Waals surface area contributed by atoms with Gasteiger partial charge in [-0.15, -0.1) is 0 Å². The summed E-state index contributed by atoms with van der Waals surface area (Å²) < 4.78 is 5.43. The van der Waals surface area contributed by atoms with Crippen molar-refractivity contribution in [2.75, 3.05) is 13.2 Å². The molecule has 4 N–H and O–H groups in total. The number of aromatic hydroxyl groups is 1. The number of aliphatic hydroxyl groups excluding tert-OH is 1. The molecule has 2 aromatic rings. The Morgan fingerprint density at radius 3 is 2.23 bits per heavy atom. The monoisotopic (exact) mass is 555 g/mol. The van der Waals surface area contributed by atoms with Crippen molar-refractivity contribution in [2.24, 2.45) is 0 Å². The Hall–Kier alpha value is -3.59. The minimum Gasteiger partial charge on any atom is -0.508 e. The third-order valence-electron chi connectivity index (χ3n) is 6.38. The molecule has 0 fully saturated rings. The molecule has 0 aliphatic rings. The number of nitrogens with one attached hydrogen (secondary N) is 2. The first-order valence-corrected chi connectivity index (χ1v) is 13.8. The van der Waals surface area contributed by atoms with Crippen LogP contribution >= 0.6 is 0 Å². The summed E-state index contributed by atoms with van der Waals surface area (Å²) >= 11 is 0. The number of amides is 3. The van der Waals surface area contributed by atoms with Crippen LogP contribution in [0.25, 0.3) is 0 Å². The fourth-order valence-electron chi connectivity index (χ4n) is 4.60. The fourth-order valence-corrected chi connectivity index (χ4v) is 4.60. The van der Waals surface area contributed by atoms with E-state index in [1.165, 1.54) is 17.0 Å². The van der Waals surface area contributed by atoms with Crippen LogP contribution in [0.1, 0.15) is 75.8 Å². The maximum absolute atomic E-state index is 14.2. The molecule has 0 saturated carbocycles. The molecule has 0 saturated heterocycles. The number of phenols is 1. The van der Waals surface area contributed by atoms with Crippen LogP contribution in [0.3, 0.4) is 0 Å². The van der Waals surface area contributed by atoms with Crippen molar-refractivity contribution in [3.8, 4) is 5.75 Å².